The van der Waals surface area contributed by atoms with Gasteiger partial charge in [-0.25, -0.2) is 0 Å². The third-order valence-corrected chi connectivity index (χ3v) is 3.55. The van der Waals surface area contributed by atoms with E-state index in [4.69, 9.17) is 4.74 Å². The van der Waals surface area contributed by atoms with Crippen molar-refractivity contribution >= 4 is 13.6 Å². The monoisotopic (exact) mass is 418 g/mol. The fraction of sp³-hybridized carbons (Fsp3) is 0.684. The molecule has 0 N–H and O–H groups in total. The molecule has 1 nitrogen and oxygen atoms in total. The van der Waals surface area contributed by atoms with E-state index in [9.17, 15) is 0 Å². The molecule has 1 aromatic rings. The summed E-state index contributed by atoms with van der Waals surface area (Å²) in [5, 5.41) is 0. The average molecular weight is 421 g/mol. The first-order valence-electron chi connectivity index (χ1n) is 8.12. The minimum absolute atomic E-state index is 0.0812. The normalized spacial score (nSPS) is 11.7. The zero-order valence-electron chi connectivity index (χ0n) is 15.5. The molecule has 122 valence electrons. The molecule has 0 bridgehead atoms. The van der Waals surface area contributed by atoms with Crippen LogP contribution in [0.15, 0.2) is 12.1 Å². The standard InChI is InChI=1S/C19H31O.BrH.Zn/c1-8-9-10-14-20-17-15(18(2,3)4)12-11-13-16(17)19(5,6)7;;/h12-13H,8-10,14H2,1-7H3;1H;/q-1;;+2/p-1. The first-order chi connectivity index (χ1) is 10.2. The van der Waals surface area contributed by atoms with Crippen molar-refractivity contribution in [1.82, 2.24) is 0 Å². The fourth-order valence-electron chi connectivity index (χ4n) is 2.28. The molecule has 0 aliphatic heterocycles. The molecular formula is C19H31BrOZn. The SMILES string of the molecule is CCCCCOc1c(C(C)(C)C)c[c-]cc1C(C)(C)C.[Zn+][Br]. The molecule has 22 heavy (non-hydrogen) atoms. The summed E-state index contributed by atoms with van der Waals surface area (Å²) in [5.41, 5.74) is 2.69. The zero-order chi connectivity index (χ0) is 17.4. The van der Waals surface area contributed by atoms with Crippen molar-refractivity contribution in [2.75, 3.05) is 6.61 Å². The second kappa shape index (κ2) is 10.1. The Bertz CT molecular complexity index is 398. The van der Waals surface area contributed by atoms with Crippen LogP contribution in [0.5, 0.6) is 5.75 Å². The van der Waals surface area contributed by atoms with Crippen LogP contribution in [-0.2, 0) is 27.2 Å². The Kier molecular flexibility index (Phi) is 10.1. The van der Waals surface area contributed by atoms with Gasteiger partial charge in [-0.15, -0.1) is 11.1 Å². The number of benzene rings is 1. The van der Waals surface area contributed by atoms with Crippen LogP contribution in [0.1, 0.15) is 78.9 Å². The van der Waals surface area contributed by atoms with Crippen molar-refractivity contribution in [3.8, 4) is 5.75 Å². The van der Waals surface area contributed by atoms with Crippen LogP contribution in [0.3, 0.4) is 0 Å². The van der Waals surface area contributed by atoms with Gasteiger partial charge in [0.25, 0.3) is 0 Å². The van der Waals surface area contributed by atoms with Crippen molar-refractivity contribution in [2.24, 2.45) is 0 Å². The first-order valence-corrected chi connectivity index (χ1v) is 15.1. The molecule has 0 saturated heterocycles. The number of ether oxygens (including phenoxy) is 1. The van der Waals surface area contributed by atoms with Crippen molar-refractivity contribution in [3.63, 3.8) is 0 Å². The van der Waals surface area contributed by atoms with E-state index < -0.39 is 0 Å². The Balaban J connectivity index is 0.00000211. The second-order valence-corrected chi connectivity index (χ2v) is 7.67. The molecule has 1 aromatic carbocycles. The van der Waals surface area contributed by atoms with E-state index in [0.717, 1.165) is 18.8 Å². The molecule has 0 radical (unpaired) electrons. The Morgan fingerprint density at radius 2 is 1.41 bits per heavy atom. The molecule has 0 aliphatic carbocycles. The van der Waals surface area contributed by atoms with Crippen molar-refractivity contribution in [2.45, 2.75) is 78.6 Å². The van der Waals surface area contributed by atoms with Gasteiger partial charge in [-0.1, -0.05) is 72.1 Å². The molecule has 0 aliphatic rings. The Hall–Kier alpha value is 0.123. The summed E-state index contributed by atoms with van der Waals surface area (Å²) in [7, 11) is 0. The van der Waals surface area contributed by atoms with Gasteiger partial charge < -0.3 is 4.74 Å². The van der Waals surface area contributed by atoms with Gasteiger partial charge in [0.1, 0.15) is 0 Å². The van der Waals surface area contributed by atoms with E-state index in [1.54, 1.807) is 0 Å². The van der Waals surface area contributed by atoms with E-state index >= 15 is 0 Å². The number of hydrogen-bond acceptors (Lipinski definition) is 1. The molecule has 0 fully saturated rings. The molecule has 0 aromatic heterocycles. The van der Waals surface area contributed by atoms with Gasteiger partial charge in [-0.2, -0.15) is 18.2 Å². The van der Waals surface area contributed by atoms with Gasteiger partial charge in [-0.3, -0.25) is 0 Å². The molecule has 0 amide bonds. The second-order valence-electron chi connectivity index (χ2n) is 7.67. The summed E-state index contributed by atoms with van der Waals surface area (Å²) >= 11 is 4.25. The predicted molar refractivity (Wildman–Crippen MR) is 96.6 cm³/mol. The van der Waals surface area contributed by atoms with Crippen molar-refractivity contribution < 1.29 is 21.1 Å². The van der Waals surface area contributed by atoms with E-state index in [2.05, 4.69) is 80.3 Å². The van der Waals surface area contributed by atoms with Crippen LogP contribution >= 0.6 is 13.6 Å². The summed E-state index contributed by atoms with van der Waals surface area (Å²) in [6.07, 6.45) is 3.58. The van der Waals surface area contributed by atoms with Crippen LogP contribution < -0.4 is 4.74 Å². The topological polar surface area (TPSA) is 9.23 Å². The van der Waals surface area contributed by atoms with Crippen LogP contribution in [0, 0.1) is 6.07 Å². The van der Waals surface area contributed by atoms with Gasteiger partial charge in [0.05, 0.1) is 6.61 Å². The Labute approximate surface area is 154 Å². The minimum atomic E-state index is 0.0812. The summed E-state index contributed by atoms with van der Waals surface area (Å²) in [6, 6.07) is 7.48. The Morgan fingerprint density at radius 1 is 0.955 bits per heavy atom. The number of hydrogen-bond donors (Lipinski definition) is 0. The number of rotatable bonds is 5. The van der Waals surface area contributed by atoms with Crippen molar-refractivity contribution in [3.05, 3.63) is 29.3 Å². The maximum atomic E-state index is 6.20. The summed E-state index contributed by atoms with van der Waals surface area (Å²) in [4.78, 5) is 0. The quantitative estimate of drug-likeness (QED) is 0.300. The molecule has 0 unspecified atom stereocenters. The maximum absolute atomic E-state index is 6.20. The number of unbranched alkanes of at least 4 members (excludes halogenated alkanes) is 2. The van der Waals surface area contributed by atoms with E-state index in [1.165, 1.54) is 40.3 Å². The van der Waals surface area contributed by atoms with Crippen LogP contribution in [0.25, 0.3) is 0 Å². The fourth-order valence-corrected chi connectivity index (χ4v) is 2.28. The van der Waals surface area contributed by atoms with Gasteiger partial charge >= 0.3 is 30.0 Å². The van der Waals surface area contributed by atoms with Gasteiger partial charge in [0, 0.05) is 5.75 Å². The Morgan fingerprint density at radius 3 is 1.77 bits per heavy atom. The van der Waals surface area contributed by atoms with Crippen LogP contribution in [0.4, 0.5) is 0 Å². The van der Waals surface area contributed by atoms with E-state index in [1.807, 2.05) is 0 Å². The van der Waals surface area contributed by atoms with Gasteiger partial charge in [-0.05, 0) is 6.42 Å². The number of halogens is 1. The summed E-state index contributed by atoms with van der Waals surface area (Å²) < 4.78 is 6.20. The third kappa shape index (κ3) is 7.13. The molecule has 0 heterocycles. The molecule has 1 rings (SSSR count). The average Bonchev–Trinajstić information content (AvgIpc) is 2.43. The molecular weight excluding hydrogens is 390 g/mol. The molecule has 0 spiro atoms. The van der Waals surface area contributed by atoms with Crippen LogP contribution in [0.2, 0.25) is 0 Å². The van der Waals surface area contributed by atoms with Crippen LogP contribution in [-0.4, -0.2) is 6.61 Å². The molecule has 3 heteroatoms. The molecule has 0 atom stereocenters. The van der Waals surface area contributed by atoms with Crippen molar-refractivity contribution in [1.29, 1.82) is 0 Å². The first kappa shape index (κ1) is 22.1. The van der Waals surface area contributed by atoms with Gasteiger partial charge in [0.2, 0.25) is 0 Å². The van der Waals surface area contributed by atoms with Gasteiger partial charge in [0.15, 0.2) is 0 Å². The predicted octanol–water partition coefficient (Wildman–Crippen LogP) is 6.49. The van der Waals surface area contributed by atoms with E-state index in [-0.39, 0.29) is 10.8 Å². The summed E-state index contributed by atoms with van der Waals surface area (Å²) in [6.45, 7) is 16.5. The molecule has 0 saturated carbocycles. The zero-order valence-corrected chi connectivity index (χ0v) is 20.0. The third-order valence-electron chi connectivity index (χ3n) is 3.55. The van der Waals surface area contributed by atoms with E-state index in [0.29, 0.717) is 0 Å². The summed E-state index contributed by atoms with van der Waals surface area (Å²) in [5.74, 6) is 1.08.